The first-order chi connectivity index (χ1) is 8.75. The Bertz CT molecular complexity index is 584. The summed E-state index contributed by atoms with van der Waals surface area (Å²) in [5.74, 6) is -0.546. The summed E-state index contributed by atoms with van der Waals surface area (Å²) in [5, 5.41) is 9.25. The first kappa shape index (κ1) is 11.0. The van der Waals surface area contributed by atoms with Crippen molar-refractivity contribution in [3.63, 3.8) is 0 Å². The number of aromatic nitrogens is 3. The Labute approximate surface area is 104 Å². The number of rotatable bonds is 2. The molecule has 0 fully saturated rings. The minimum absolute atomic E-state index is 0.0956. The third-order valence-corrected chi connectivity index (χ3v) is 3.38. The minimum Gasteiger partial charge on any atom is -0.481 e. The van der Waals surface area contributed by atoms with Gasteiger partial charge in [0, 0.05) is 12.1 Å². The summed E-state index contributed by atoms with van der Waals surface area (Å²) in [6.07, 6.45) is 6.89. The molecule has 2 N–H and O–H groups in total. The summed E-state index contributed by atoms with van der Waals surface area (Å²) in [6.45, 7) is 0. The van der Waals surface area contributed by atoms with Gasteiger partial charge in [0.05, 0.1) is 11.4 Å². The van der Waals surface area contributed by atoms with Crippen LogP contribution in [-0.4, -0.2) is 26.0 Å². The van der Waals surface area contributed by atoms with Crippen LogP contribution >= 0.6 is 0 Å². The van der Waals surface area contributed by atoms with Crippen molar-refractivity contribution in [1.82, 2.24) is 15.0 Å². The van der Waals surface area contributed by atoms with Gasteiger partial charge in [-0.2, -0.15) is 0 Å². The topological polar surface area (TPSA) is 78.9 Å². The zero-order chi connectivity index (χ0) is 12.5. The molecule has 2 atom stereocenters. The summed E-state index contributed by atoms with van der Waals surface area (Å²) in [6, 6.07) is 3.73. The molecule has 0 aromatic carbocycles. The number of carboxylic acids is 1. The van der Waals surface area contributed by atoms with Gasteiger partial charge in [0.1, 0.15) is 5.82 Å². The number of carboxylic acid groups (broad SMARTS) is 1. The lowest BCUT2D eigenvalue weighted by atomic mass is 9.82. The van der Waals surface area contributed by atoms with E-state index in [0.717, 1.165) is 11.3 Å². The van der Waals surface area contributed by atoms with Crippen LogP contribution in [0, 0.1) is 5.92 Å². The van der Waals surface area contributed by atoms with Gasteiger partial charge >= 0.3 is 5.97 Å². The molecule has 0 bridgehead atoms. The quantitative estimate of drug-likeness (QED) is 0.791. The van der Waals surface area contributed by atoms with E-state index in [2.05, 4.69) is 15.0 Å². The van der Waals surface area contributed by atoms with E-state index in [1.807, 2.05) is 24.3 Å². The van der Waals surface area contributed by atoms with Gasteiger partial charge in [0.2, 0.25) is 0 Å². The predicted octanol–water partition coefficient (Wildman–Crippen LogP) is 2.09. The highest BCUT2D eigenvalue weighted by molar-refractivity contribution is 5.73. The van der Waals surface area contributed by atoms with Gasteiger partial charge in [0.25, 0.3) is 0 Å². The molecule has 0 saturated carbocycles. The number of allylic oxidation sites excluding steroid dienone is 2. The Hall–Kier alpha value is -2.17. The number of nitrogens with zero attached hydrogens (tertiary/aromatic N) is 2. The van der Waals surface area contributed by atoms with Gasteiger partial charge in [-0.25, -0.2) is 9.97 Å². The smallest absolute Gasteiger partial charge is 0.307 e. The predicted molar refractivity (Wildman–Crippen MR) is 66.1 cm³/mol. The van der Waals surface area contributed by atoms with Crippen LogP contribution in [0.4, 0.5) is 0 Å². The molecule has 5 heteroatoms. The lowest BCUT2D eigenvalue weighted by Gasteiger charge is -2.23. The summed E-state index contributed by atoms with van der Waals surface area (Å²) < 4.78 is 0. The molecule has 0 spiro atoms. The average molecular weight is 243 g/mol. The van der Waals surface area contributed by atoms with Gasteiger partial charge < -0.3 is 10.1 Å². The number of pyridine rings is 1. The second kappa shape index (κ2) is 4.25. The number of H-pyrrole nitrogens is 1. The molecule has 1 aliphatic rings. The number of imidazole rings is 1. The SMILES string of the molecule is O=C(O)[C@H]1CC=CC[C@H]1c1nc2ncccc2[nH]1. The first-order valence-corrected chi connectivity index (χ1v) is 5.94. The van der Waals surface area contributed by atoms with Crippen LogP contribution < -0.4 is 0 Å². The Kier molecular flexibility index (Phi) is 2.59. The fraction of sp³-hybridized carbons (Fsp3) is 0.308. The fourth-order valence-corrected chi connectivity index (χ4v) is 2.43. The maximum absolute atomic E-state index is 11.3. The van der Waals surface area contributed by atoms with Crippen molar-refractivity contribution in [2.45, 2.75) is 18.8 Å². The van der Waals surface area contributed by atoms with Crippen LogP contribution in [0.5, 0.6) is 0 Å². The number of aromatic amines is 1. The summed E-state index contributed by atoms with van der Waals surface area (Å²) in [4.78, 5) is 23.0. The molecule has 2 aromatic heterocycles. The molecule has 0 unspecified atom stereocenters. The van der Waals surface area contributed by atoms with Crippen LogP contribution in [0.25, 0.3) is 11.2 Å². The number of carbonyl (C=O) groups is 1. The van der Waals surface area contributed by atoms with E-state index in [1.54, 1.807) is 6.20 Å². The molecule has 2 heterocycles. The second-order valence-corrected chi connectivity index (χ2v) is 4.49. The molecule has 0 radical (unpaired) electrons. The molecule has 0 amide bonds. The van der Waals surface area contributed by atoms with Crippen molar-refractivity contribution in [3.8, 4) is 0 Å². The van der Waals surface area contributed by atoms with Crippen LogP contribution in [0.3, 0.4) is 0 Å². The van der Waals surface area contributed by atoms with Gasteiger partial charge in [-0.15, -0.1) is 0 Å². The zero-order valence-corrected chi connectivity index (χ0v) is 9.71. The van der Waals surface area contributed by atoms with Crippen molar-refractivity contribution in [3.05, 3.63) is 36.3 Å². The zero-order valence-electron chi connectivity index (χ0n) is 9.71. The Morgan fingerprint density at radius 1 is 1.39 bits per heavy atom. The fourth-order valence-electron chi connectivity index (χ4n) is 2.43. The maximum Gasteiger partial charge on any atom is 0.307 e. The van der Waals surface area contributed by atoms with Gasteiger partial charge in [-0.1, -0.05) is 12.2 Å². The van der Waals surface area contributed by atoms with Crippen molar-refractivity contribution in [1.29, 1.82) is 0 Å². The first-order valence-electron chi connectivity index (χ1n) is 5.94. The van der Waals surface area contributed by atoms with E-state index < -0.39 is 11.9 Å². The Morgan fingerprint density at radius 3 is 3.00 bits per heavy atom. The van der Waals surface area contributed by atoms with Crippen molar-refractivity contribution in [2.24, 2.45) is 5.92 Å². The normalized spacial score (nSPS) is 23.3. The molecular weight excluding hydrogens is 230 g/mol. The lowest BCUT2D eigenvalue weighted by Crippen LogP contribution is -2.24. The number of nitrogens with one attached hydrogen (secondary N) is 1. The summed E-state index contributed by atoms with van der Waals surface area (Å²) in [7, 11) is 0. The molecule has 18 heavy (non-hydrogen) atoms. The van der Waals surface area contributed by atoms with E-state index >= 15 is 0 Å². The molecule has 5 nitrogen and oxygen atoms in total. The van der Waals surface area contributed by atoms with Crippen molar-refractivity contribution >= 4 is 17.1 Å². The number of hydrogen-bond donors (Lipinski definition) is 2. The van der Waals surface area contributed by atoms with Crippen LogP contribution in [-0.2, 0) is 4.79 Å². The van der Waals surface area contributed by atoms with E-state index in [1.165, 1.54) is 0 Å². The maximum atomic E-state index is 11.3. The number of aliphatic carboxylic acids is 1. The van der Waals surface area contributed by atoms with Crippen molar-refractivity contribution in [2.75, 3.05) is 0 Å². The number of fused-ring (bicyclic) bond motifs is 1. The van der Waals surface area contributed by atoms with Gasteiger partial charge in [-0.05, 0) is 25.0 Å². The molecule has 0 saturated heterocycles. The van der Waals surface area contributed by atoms with Gasteiger partial charge in [-0.3, -0.25) is 4.79 Å². The molecule has 0 aliphatic heterocycles. The third-order valence-electron chi connectivity index (χ3n) is 3.38. The molecule has 2 aromatic rings. The Morgan fingerprint density at radius 2 is 2.22 bits per heavy atom. The van der Waals surface area contributed by atoms with Gasteiger partial charge in [0.15, 0.2) is 5.65 Å². The van der Waals surface area contributed by atoms with E-state index in [0.29, 0.717) is 18.5 Å². The minimum atomic E-state index is -0.766. The van der Waals surface area contributed by atoms with Crippen molar-refractivity contribution < 1.29 is 9.90 Å². The van der Waals surface area contributed by atoms with Crippen LogP contribution in [0.2, 0.25) is 0 Å². The van der Waals surface area contributed by atoms with E-state index in [9.17, 15) is 9.90 Å². The molecular formula is C13H13N3O2. The second-order valence-electron chi connectivity index (χ2n) is 4.49. The number of hydrogen-bond acceptors (Lipinski definition) is 3. The Balaban J connectivity index is 2.02. The van der Waals surface area contributed by atoms with E-state index in [4.69, 9.17) is 0 Å². The van der Waals surface area contributed by atoms with Crippen LogP contribution in [0.1, 0.15) is 24.6 Å². The highest BCUT2D eigenvalue weighted by Crippen LogP contribution is 2.33. The summed E-state index contributed by atoms with van der Waals surface area (Å²) in [5.41, 5.74) is 1.50. The summed E-state index contributed by atoms with van der Waals surface area (Å²) >= 11 is 0. The van der Waals surface area contributed by atoms with E-state index in [-0.39, 0.29) is 5.92 Å². The average Bonchev–Trinajstić information content (AvgIpc) is 2.82. The largest absolute Gasteiger partial charge is 0.481 e. The molecule has 3 rings (SSSR count). The highest BCUT2D eigenvalue weighted by Gasteiger charge is 2.32. The lowest BCUT2D eigenvalue weighted by molar-refractivity contribution is -0.142. The standard InChI is InChI=1S/C13H13N3O2/c17-13(18)9-5-2-1-4-8(9)11-15-10-6-3-7-14-12(10)16-11/h1-3,6-9H,4-5H2,(H,17,18)(H,14,15,16)/t8-,9+/m1/s1. The molecule has 1 aliphatic carbocycles. The van der Waals surface area contributed by atoms with Crippen LogP contribution in [0.15, 0.2) is 30.5 Å². The highest BCUT2D eigenvalue weighted by atomic mass is 16.4. The monoisotopic (exact) mass is 243 g/mol. The third kappa shape index (κ3) is 1.77. The molecule has 92 valence electrons.